The molecule has 2 N–H and O–H groups in total. The summed E-state index contributed by atoms with van der Waals surface area (Å²) in [7, 11) is 0. The van der Waals surface area contributed by atoms with E-state index >= 15 is 0 Å². The zero-order valence-corrected chi connectivity index (χ0v) is 10.1. The highest BCUT2D eigenvalue weighted by atomic mass is 32.1. The number of carbonyl (C=O) groups is 1. The van der Waals surface area contributed by atoms with Gasteiger partial charge in [-0.2, -0.15) is 0 Å². The fraction of sp³-hybridized carbons (Fsp3) is 0.167. The van der Waals surface area contributed by atoms with Gasteiger partial charge in [-0.25, -0.2) is 0 Å². The summed E-state index contributed by atoms with van der Waals surface area (Å²) in [5.41, 5.74) is 1.56. The van der Waals surface area contributed by atoms with E-state index in [9.17, 15) is 9.59 Å². The van der Waals surface area contributed by atoms with Gasteiger partial charge >= 0.3 is 4.87 Å². The Labute approximate surface area is 102 Å². The molecule has 0 saturated heterocycles. The molecule has 4 nitrogen and oxygen atoms in total. The van der Waals surface area contributed by atoms with Gasteiger partial charge in [-0.1, -0.05) is 48.6 Å². The Kier molecular flexibility index (Phi) is 3.39. The lowest BCUT2D eigenvalue weighted by Gasteiger charge is -2.03. The van der Waals surface area contributed by atoms with Crippen LogP contribution in [-0.2, 0) is 4.79 Å². The Bertz CT molecular complexity index is 572. The Hall–Kier alpha value is -1.88. The van der Waals surface area contributed by atoms with Crippen LogP contribution in [0.5, 0.6) is 0 Å². The number of anilines is 1. The molecule has 2 aromatic rings. The summed E-state index contributed by atoms with van der Waals surface area (Å²) in [6.45, 7) is 1.77. The summed E-state index contributed by atoms with van der Waals surface area (Å²) in [5.74, 6) is -0.0996. The molecule has 1 heterocycles. The predicted molar refractivity (Wildman–Crippen MR) is 69.3 cm³/mol. The SMILES string of the molecule is CCC(=O)Nc1sc(=O)[nH]c1-c1ccccc1. The van der Waals surface area contributed by atoms with Gasteiger partial charge < -0.3 is 10.3 Å². The molecule has 1 aromatic heterocycles. The van der Waals surface area contributed by atoms with Crippen LogP contribution >= 0.6 is 11.3 Å². The van der Waals surface area contributed by atoms with Gasteiger partial charge in [0.1, 0.15) is 5.00 Å². The van der Waals surface area contributed by atoms with Gasteiger partial charge in [0, 0.05) is 12.0 Å². The molecule has 0 bridgehead atoms. The first-order chi connectivity index (χ1) is 8.20. The van der Waals surface area contributed by atoms with Gasteiger partial charge in [0.05, 0.1) is 5.69 Å². The van der Waals surface area contributed by atoms with Crippen molar-refractivity contribution in [3.63, 3.8) is 0 Å². The van der Waals surface area contributed by atoms with Crippen LogP contribution in [0.15, 0.2) is 35.1 Å². The third-order valence-electron chi connectivity index (χ3n) is 2.29. The summed E-state index contributed by atoms with van der Waals surface area (Å²) >= 11 is 1.01. The normalized spacial score (nSPS) is 10.2. The molecule has 0 aliphatic rings. The summed E-state index contributed by atoms with van der Waals surface area (Å²) in [6, 6.07) is 9.45. The minimum Gasteiger partial charge on any atom is -0.316 e. The zero-order valence-electron chi connectivity index (χ0n) is 9.32. The molecule has 0 saturated carbocycles. The van der Waals surface area contributed by atoms with Crippen LogP contribution in [0.2, 0.25) is 0 Å². The van der Waals surface area contributed by atoms with Gasteiger partial charge in [0.15, 0.2) is 0 Å². The number of hydrogen-bond acceptors (Lipinski definition) is 3. The highest BCUT2D eigenvalue weighted by molar-refractivity contribution is 7.14. The number of rotatable bonds is 3. The molecule has 0 radical (unpaired) electrons. The van der Waals surface area contributed by atoms with Gasteiger partial charge in [-0.15, -0.1) is 0 Å². The smallest absolute Gasteiger partial charge is 0.306 e. The van der Waals surface area contributed by atoms with E-state index in [1.54, 1.807) is 6.92 Å². The monoisotopic (exact) mass is 248 g/mol. The Morgan fingerprint density at radius 3 is 2.71 bits per heavy atom. The predicted octanol–water partition coefficient (Wildman–Crippen LogP) is 2.45. The van der Waals surface area contributed by atoms with E-state index in [4.69, 9.17) is 0 Å². The van der Waals surface area contributed by atoms with Crippen LogP contribution in [0, 0.1) is 0 Å². The maximum atomic E-state index is 11.4. The Balaban J connectivity index is 2.41. The fourth-order valence-electron chi connectivity index (χ4n) is 1.44. The number of hydrogen-bond donors (Lipinski definition) is 2. The molecule has 1 amide bonds. The second-order valence-electron chi connectivity index (χ2n) is 3.49. The number of amides is 1. The van der Waals surface area contributed by atoms with E-state index in [1.807, 2.05) is 30.3 Å². The van der Waals surface area contributed by atoms with Crippen molar-refractivity contribution >= 4 is 22.2 Å². The first-order valence-corrected chi connectivity index (χ1v) is 6.10. The number of nitrogens with one attached hydrogen (secondary N) is 2. The molecule has 1 aromatic carbocycles. The van der Waals surface area contributed by atoms with Gasteiger partial charge in [0.25, 0.3) is 0 Å². The molecule has 2 rings (SSSR count). The highest BCUT2D eigenvalue weighted by Gasteiger charge is 2.11. The summed E-state index contributed by atoms with van der Waals surface area (Å²) in [6.07, 6.45) is 0.389. The topological polar surface area (TPSA) is 62.0 Å². The van der Waals surface area contributed by atoms with Crippen molar-refractivity contribution in [3.8, 4) is 11.3 Å². The molecular weight excluding hydrogens is 236 g/mol. The number of carbonyl (C=O) groups excluding carboxylic acids is 1. The van der Waals surface area contributed by atoms with E-state index in [-0.39, 0.29) is 10.8 Å². The van der Waals surface area contributed by atoms with E-state index in [0.29, 0.717) is 17.1 Å². The molecule has 88 valence electrons. The molecule has 0 atom stereocenters. The lowest BCUT2D eigenvalue weighted by molar-refractivity contribution is -0.115. The van der Waals surface area contributed by atoms with Crippen LogP contribution in [-0.4, -0.2) is 10.9 Å². The van der Waals surface area contributed by atoms with Crippen molar-refractivity contribution < 1.29 is 4.79 Å². The van der Waals surface area contributed by atoms with Crippen molar-refractivity contribution in [3.05, 3.63) is 40.0 Å². The second-order valence-corrected chi connectivity index (χ2v) is 4.47. The molecule has 0 unspecified atom stereocenters. The van der Waals surface area contributed by atoms with E-state index in [0.717, 1.165) is 16.9 Å². The van der Waals surface area contributed by atoms with E-state index in [1.165, 1.54) is 0 Å². The Morgan fingerprint density at radius 1 is 1.35 bits per heavy atom. The standard InChI is InChI=1S/C12H12N2O2S/c1-2-9(15)13-11-10(14-12(16)17-11)8-6-4-3-5-7-8/h3-7H,2H2,1H3,(H,13,15)(H,14,16). The molecule has 17 heavy (non-hydrogen) atoms. The minimum absolute atomic E-state index is 0.0996. The lowest BCUT2D eigenvalue weighted by atomic mass is 10.2. The largest absolute Gasteiger partial charge is 0.316 e. The number of H-pyrrole nitrogens is 1. The Morgan fingerprint density at radius 2 is 2.06 bits per heavy atom. The maximum Gasteiger partial charge on any atom is 0.306 e. The van der Waals surface area contributed by atoms with Crippen molar-refractivity contribution in [2.45, 2.75) is 13.3 Å². The zero-order chi connectivity index (χ0) is 12.3. The van der Waals surface area contributed by atoms with Crippen molar-refractivity contribution in [2.24, 2.45) is 0 Å². The second kappa shape index (κ2) is 4.97. The highest BCUT2D eigenvalue weighted by Crippen LogP contribution is 2.27. The van der Waals surface area contributed by atoms with E-state index < -0.39 is 0 Å². The third kappa shape index (κ3) is 2.62. The number of aromatic amines is 1. The van der Waals surface area contributed by atoms with Crippen LogP contribution in [0.4, 0.5) is 5.00 Å². The van der Waals surface area contributed by atoms with Crippen LogP contribution in [0.1, 0.15) is 13.3 Å². The first-order valence-electron chi connectivity index (χ1n) is 5.29. The van der Waals surface area contributed by atoms with Crippen LogP contribution in [0.3, 0.4) is 0 Å². The molecule has 0 aliphatic heterocycles. The average Bonchev–Trinajstić information content (AvgIpc) is 2.71. The first kappa shape index (κ1) is 11.6. The van der Waals surface area contributed by atoms with Crippen molar-refractivity contribution in [2.75, 3.05) is 5.32 Å². The number of aromatic nitrogens is 1. The summed E-state index contributed by atoms with van der Waals surface area (Å²) in [4.78, 5) is 25.3. The minimum atomic E-state index is -0.171. The van der Waals surface area contributed by atoms with Crippen molar-refractivity contribution in [1.82, 2.24) is 4.98 Å². The summed E-state index contributed by atoms with van der Waals surface area (Å²) < 4.78 is 0. The molecule has 5 heteroatoms. The number of thiazole rings is 1. The summed E-state index contributed by atoms with van der Waals surface area (Å²) in [5, 5.41) is 3.30. The van der Waals surface area contributed by atoms with Crippen LogP contribution in [0.25, 0.3) is 11.3 Å². The van der Waals surface area contributed by atoms with E-state index in [2.05, 4.69) is 10.3 Å². The third-order valence-corrected chi connectivity index (χ3v) is 3.08. The lowest BCUT2D eigenvalue weighted by Crippen LogP contribution is -2.08. The average molecular weight is 248 g/mol. The van der Waals surface area contributed by atoms with Crippen LogP contribution < -0.4 is 10.2 Å². The fourth-order valence-corrected chi connectivity index (χ4v) is 2.21. The van der Waals surface area contributed by atoms with Gasteiger partial charge in [0.2, 0.25) is 5.91 Å². The molecule has 0 fully saturated rings. The molecular formula is C12H12N2O2S. The molecule has 0 aliphatic carbocycles. The molecule has 0 spiro atoms. The number of benzene rings is 1. The quantitative estimate of drug-likeness (QED) is 0.876. The van der Waals surface area contributed by atoms with Gasteiger partial charge in [-0.3, -0.25) is 9.59 Å². The maximum absolute atomic E-state index is 11.4. The van der Waals surface area contributed by atoms with Gasteiger partial charge in [-0.05, 0) is 0 Å². The van der Waals surface area contributed by atoms with Crippen molar-refractivity contribution in [1.29, 1.82) is 0 Å².